The summed E-state index contributed by atoms with van der Waals surface area (Å²) < 4.78 is 30.0. The molecule has 96 valence electrons. The largest absolute Gasteiger partial charge is 0.496 e. The van der Waals surface area contributed by atoms with Crippen molar-refractivity contribution >= 4 is 10.0 Å². The highest BCUT2D eigenvalue weighted by atomic mass is 32.2. The van der Waals surface area contributed by atoms with Crippen LogP contribution in [0.2, 0.25) is 0 Å². The van der Waals surface area contributed by atoms with Crippen LogP contribution in [0.4, 0.5) is 0 Å². The Morgan fingerprint density at radius 2 is 1.82 bits per heavy atom. The Hall–Kier alpha value is -1.07. The summed E-state index contributed by atoms with van der Waals surface area (Å²) in [6.45, 7) is 6.22. The number of aryl methyl sites for hydroxylation is 1. The molecule has 0 spiro atoms. The highest BCUT2D eigenvalue weighted by Gasteiger charge is 2.11. The molecule has 0 unspecified atom stereocenters. The van der Waals surface area contributed by atoms with Crippen molar-refractivity contribution in [2.45, 2.75) is 27.3 Å². The van der Waals surface area contributed by atoms with Crippen molar-refractivity contribution in [2.24, 2.45) is 0 Å². The van der Waals surface area contributed by atoms with Crippen molar-refractivity contribution < 1.29 is 13.2 Å². The maximum Gasteiger partial charge on any atom is 0.209 e. The molecule has 1 aromatic carbocycles. The van der Waals surface area contributed by atoms with Gasteiger partial charge in [-0.1, -0.05) is 6.07 Å². The molecule has 17 heavy (non-hydrogen) atoms. The lowest BCUT2D eigenvalue weighted by molar-refractivity contribution is 0.408. The summed E-state index contributed by atoms with van der Waals surface area (Å²) in [5.41, 5.74) is 4.11. The van der Waals surface area contributed by atoms with Crippen molar-refractivity contribution in [3.8, 4) is 5.75 Å². The lowest BCUT2D eigenvalue weighted by atomic mass is 9.99. The van der Waals surface area contributed by atoms with E-state index in [1.807, 2.05) is 26.8 Å². The van der Waals surface area contributed by atoms with Crippen molar-refractivity contribution in [3.05, 3.63) is 28.3 Å². The van der Waals surface area contributed by atoms with E-state index in [4.69, 9.17) is 4.74 Å². The van der Waals surface area contributed by atoms with Gasteiger partial charge < -0.3 is 4.74 Å². The van der Waals surface area contributed by atoms with Crippen LogP contribution in [0.15, 0.2) is 6.07 Å². The Morgan fingerprint density at radius 1 is 1.24 bits per heavy atom. The fraction of sp³-hybridized carbons (Fsp3) is 0.500. The van der Waals surface area contributed by atoms with Gasteiger partial charge in [-0.2, -0.15) is 0 Å². The van der Waals surface area contributed by atoms with Crippen LogP contribution < -0.4 is 9.46 Å². The average Bonchev–Trinajstić information content (AvgIpc) is 2.21. The van der Waals surface area contributed by atoms with Gasteiger partial charge in [0.2, 0.25) is 10.0 Å². The highest BCUT2D eigenvalue weighted by molar-refractivity contribution is 7.88. The maximum absolute atomic E-state index is 11.1. The molecule has 0 aliphatic heterocycles. The van der Waals surface area contributed by atoms with Gasteiger partial charge in [-0.05, 0) is 43.0 Å². The summed E-state index contributed by atoms with van der Waals surface area (Å²) in [4.78, 5) is 0. The first-order chi connectivity index (χ1) is 7.76. The zero-order valence-corrected chi connectivity index (χ0v) is 11.7. The van der Waals surface area contributed by atoms with Crippen LogP contribution >= 0.6 is 0 Å². The Morgan fingerprint density at radius 3 is 2.29 bits per heavy atom. The van der Waals surface area contributed by atoms with E-state index in [1.54, 1.807) is 7.11 Å². The van der Waals surface area contributed by atoms with Gasteiger partial charge in [0.15, 0.2) is 0 Å². The number of nitrogens with one attached hydrogen (secondary N) is 1. The van der Waals surface area contributed by atoms with Crippen molar-refractivity contribution in [2.75, 3.05) is 13.4 Å². The number of rotatable bonds is 4. The highest BCUT2D eigenvalue weighted by Crippen LogP contribution is 2.28. The van der Waals surface area contributed by atoms with E-state index in [0.717, 1.165) is 34.3 Å². The quantitative estimate of drug-likeness (QED) is 0.892. The van der Waals surface area contributed by atoms with Gasteiger partial charge >= 0.3 is 0 Å². The third-order valence-corrected chi connectivity index (χ3v) is 3.53. The van der Waals surface area contributed by atoms with Crippen LogP contribution in [0, 0.1) is 20.8 Å². The minimum absolute atomic E-state index is 0.316. The van der Waals surface area contributed by atoms with Gasteiger partial charge in [0, 0.05) is 6.54 Å². The summed E-state index contributed by atoms with van der Waals surface area (Å²) >= 11 is 0. The monoisotopic (exact) mass is 257 g/mol. The molecular weight excluding hydrogens is 238 g/mol. The SMILES string of the molecule is COc1c(C)cc(CNS(C)(=O)=O)c(C)c1C. The summed E-state index contributed by atoms with van der Waals surface area (Å²) in [5.74, 6) is 0.866. The minimum atomic E-state index is -3.16. The van der Waals surface area contributed by atoms with Gasteiger partial charge in [0.05, 0.1) is 13.4 Å². The second-order valence-electron chi connectivity index (χ2n) is 4.23. The predicted molar refractivity (Wildman–Crippen MR) is 68.9 cm³/mol. The predicted octanol–water partition coefficient (Wildman–Crippen LogP) is 1.67. The first-order valence-corrected chi connectivity index (χ1v) is 7.23. The molecule has 1 N–H and O–H groups in total. The van der Waals surface area contributed by atoms with E-state index < -0.39 is 10.0 Å². The molecule has 0 saturated carbocycles. The number of hydrogen-bond donors (Lipinski definition) is 1. The molecule has 0 fully saturated rings. The van der Waals surface area contributed by atoms with E-state index in [1.165, 1.54) is 0 Å². The number of ether oxygens (including phenoxy) is 1. The van der Waals surface area contributed by atoms with Gasteiger partial charge in [-0.15, -0.1) is 0 Å². The lowest BCUT2D eigenvalue weighted by Gasteiger charge is -2.15. The van der Waals surface area contributed by atoms with E-state index in [9.17, 15) is 8.42 Å². The van der Waals surface area contributed by atoms with Crippen molar-refractivity contribution in [1.82, 2.24) is 4.72 Å². The van der Waals surface area contributed by atoms with E-state index >= 15 is 0 Å². The summed E-state index contributed by atoms with van der Waals surface area (Å²) in [6.07, 6.45) is 1.16. The fourth-order valence-electron chi connectivity index (χ4n) is 1.85. The summed E-state index contributed by atoms with van der Waals surface area (Å²) in [6, 6.07) is 1.96. The van der Waals surface area contributed by atoms with Crippen LogP contribution in [0.25, 0.3) is 0 Å². The van der Waals surface area contributed by atoms with E-state index in [-0.39, 0.29) is 0 Å². The molecule has 0 saturated heterocycles. The Balaban J connectivity index is 3.11. The van der Waals surface area contributed by atoms with Gasteiger partial charge in [0.1, 0.15) is 5.75 Å². The van der Waals surface area contributed by atoms with Gasteiger partial charge in [-0.25, -0.2) is 13.1 Å². The molecule has 0 heterocycles. The van der Waals surface area contributed by atoms with Gasteiger partial charge in [-0.3, -0.25) is 0 Å². The molecule has 0 amide bonds. The normalized spacial score (nSPS) is 11.6. The zero-order valence-electron chi connectivity index (χ0n) is 10.9. The first kappa shape index (κ1) is 14.0. The molecule has 0 aliphatic rings. The van der Waals surface area contributed by atoms with Crippen LogP contribution in [0.5, 0.6) is 5.75 Å². The van der Waals surface area contributed by atoms with Gasteiger partial charge in [0.25, 0.3) is 0 Å². The average molecular weight is 257 g/mol. The summed E-state index contributed by atoms with van der Waals surface area (Å²) in [7, 11) is -1.52. The molecule has 0 aromatic heterocycles. The smallest absolute Gasteiger partial charge is 0.209 e. The molecule has 1 aromatic rings. The van der Waals surface area contributed by atoms with Crippen molar-refractivity contribution in [1.29, 1.82) is 0 Å². The molecule has 0 radical (unpaired) electrons. The third-order valence-electron chi connectivity index (χ3n) is 2.86. The minimum Gasteiger partial charge on any atom is -0.496 e. The fourth-order valence-corrected chi connectivity index (χ4v) is 2.27. The molecule has 5 heteroatoms. The second-order valence-corrected chi connectivity index (χ2v) is 6.06. The molecule has 1 rings (SSSR count). The van der Waals surface area contributed by atoms with Crippen LogP contribution in [0.1, 0.15) is 22.3 Å². The summed E-state index contributed by atoms with van der Waals surface area (Å²) in [5, 5.41) is 0. The Kier molecular flexibility index (Phi) is 4.16. The first-order valence-electron chi connectivity index (χ1n) is 5.34. The Bertz CT molecular complexity index is 521. The van der Waals surface area contributed by atoms with Crippen LogP contribution in [-0.4, -0.2) is 21.8 Å². The number of methoxy groups -OCH3 is 1. The molecular formula is C12H19NO3S. The molecule has 0 aliphatic carbocycles. The second kappa shape index (κ2) is 5.06. The molecule has 0 atom stereocenters. The Labute approximate surface area is 103 Å². The topological polar surface area (TPSA) is 55.4 Å². The van der Waals surface area contributed by atoms with E-state index in [2.05, 4.69) is 4.72 Å². The third kappa shape index (κ3) is 3.44. The molecule has 0 bridgehead atoms. The standard InChI is InChI=1S/C12H19NO3S/c1-8-6-11(7-13-17(5,14)15)9(2)10(3)12(8)16-4/h6,13H,7H2,1-5H3. The van der Waals surface area contributed by atoms with Crippen molar-refractivity contribution in [3.63, 3.8) is 0 Å². The maximum atomic E-state index is 11.1. The molecule has 4 nitrogen and oxygen atoms in total. The number of sulfonamides is 1. The van der Waals surface area contributed by atoms with Crippen LogP contribution in [0.3, 0.4) is 0 Å². The number of benzene rings is 1. The lowest BCUT2D eigenvalue weighted by Crippen LogP contribution is -2.22. The van der Waals surface area contributed by atoms with Crippen LogP contribution in [-0.2, 0) is 16.6 Å². The number of hydrogen-bond acceptors (Lipinski definition) is 3. The van der Waals surface area contributed by atoms with E-state index in [0.29, 0.717) is 6.54 Å². The zero-order chi connectivity index (χ0) is 13.2.